The minimum Gasteiger partial charge on any atom is -0.456 e. The second kappa shape index (κ2) is 5.16. The summed E-state index contributed by atoms with van der Waals surface area (Å²) in [6, 6.07) is 0. The van der Waals surface area contributed by atoms with Crippen LogP contribution in [0.2, 0.25) is 0 Å². The summed E-state index contributed by atoms with van der Waals surface area (Å²) < 4.78 is 5.07. The first-order valence-corrected chi connectivity index (χ1v) is 6.43. The van der Waals surface area contributed by atoms with Crippen LogP contribution < -0.4 is 0 Å². The molecule has 1 unspecified atom stereocenters. The normalized spacial score (nSPS) is 14.9. The molecule has 0 amide bonds. The van der Waals surface area contributed by atoms with Gasteiger partial charge in [-0.3, -0.25) is 5.41 Å². The van der Waals surface area contributed by atoms with E-state index >= 15 is 0 Å². The molecule has 0 spiro atoms. The number of hydrogen-bond donors (Lipinski definition) is 2. The van der Waals surface area contributed by atoms with Crippen molar-refractivity contribution in [2.24, 2.45) is 0 Å². The van der Waals surface area contributed by atoms with Gasteiger partial charge in [0.05, 0.1) is 0 Å². The van der Waals surface area contributed by atoms with Gasteiger partial charge in [0, 0.05) is 18.0 Å². The number of esters is 1. The van der Waals surface area contributed by atoms with E-state index in [4.69, 9.17) is 10.1 Å². The lowest BCUT2D eigenvalue weighted by molar-refractivity contribution is -0.146. The van der Waals surface area contributed by atoms with Crippen molar-refractivity contribution in [1.82, 2.24) is 4.98 Å². The van der Waals surface area contributed by atoms with Gasteiger partial charge < -0.3 is 9.84 Å². The van der Waals surface area contributed by atoms with Crippen LogP contribution in [0.4, 0.5) is 0 Å². The highest BCUT2D eigenvalue weighted by Crippen LogP contribution is 2.26. The first-order valence-electron chi connectivity index (χ1n) is 5.55. The topological polar surface area (TPSA) is 83.3 Å². The number of nitrogens with one attached hydrogen (secondary N) is 1. The highest BCUT2D eigenvalue weighted by molar-refractivity contribution is 7.09. The number of rotatable bonds is 4. The lowest BCUT2D eigenvalue weighted by Crippen LogP contribution is -2.33. The van der Waals surface area contributed by atoms with E-state index in [9.17, 15) is 9.90 Å². The zero-order chi connectivity index (χ0) is 14.0. The van der Waals surface area contributed by atoms with Crippen molar-refractivity contribution in [3.05, 3.63) is 16.6 Å². The van der Waals surface area contributed by atoms with Crippen LogP contribution in [0.25, 0.3) is 0 Å². The highest BCUT2D eigenvalue weighted by atomic mass is 32.1. The predicted octanol–water partition coefficient (Wildman–Crippen LogP) is 2.10. The van der Waals surface area contributed by atoms with Gasteiger partial charge in [0.2, 0.25) is 0 Å². The van der Waals surface area contributed by atoms with Crippen LogP contribution in [0.1, 0.15) is 39.1 Å². The molecule has 0 aromatic carbocycles. The molecule has 0 aliphatic heterocycles. The maximum absolute atomic E-state index is 11.6. The zero-order valence-corrected chi connectivity index (χ0v) is 11.8. The van der Waals surface area contributed by atoms with Gasteiger partial charge in [-0.1, -0.05) is 0 Å². The maximum atomic E-state index is 11.6. The Morgan fingerprint density at radius 3 is 2.56 bits per heavy atom. The monoisotopic (exact) mass is 270 g/mol. The molecule has 6 heteroatoms. The Labute approximate surface area is 110 Å². The van der Waals surface area contributed by atoms with Gasteiger partial charge in [0.15, 0.2) is 0 Å². The number of aliphatic hydroxyl groups is 1. The van der Waals surface area contributed by atoms with E-state index in [2.05, 4.69) is 4.98 Å². The molecule has 0 radical (unpaired) electrons. The number of aromatic nitrogens is 1. The van der Waals surface area contributed by atoms with Crippen LogP contribution in [0.5, 0.6) is 0 Å². The van der Waals surface area contributed by atoms with Crippen LogP contribution in [-0.4, -0.2) is 27.4 Å². The molecule has 1 aromatic heterocycles. The summed E-state index contributed by atoms with van der Waals surface area (Å²) in [4.78, 5) is 15.6. The summed E-state index contributed by atoms with van der Waals surface area (Å²) in [5.41, 5.74) is -2.22. The number of carbonyl (C=O) groups excluding carboxylic acids is 1. The van der Waals surface area contributed by atoms with E-state index in [0.717, 1.165) is 0 Å². The average molecular weight is 270 g/mol. The fraction of sp³-hybridized carbons (Fsp3) is 0.583. The fourth-order valence-electron chi connectivity index (χ4n) is 1.32. The van der Waals surface area contributed by atoms with Crippen molar-refractivity contribution < 1.29 is 14.6 Å². The van der Waals surface area contributed by atoms with E-state index in [1.54, 1.807) is 32.3 Å². The Balaban J connectivity index is 2.68. The van der Waals surface area contributed by atoms with Crippen molar-refractivity contribution in [2.45, 2.75) is 45.3 Å². The first-order chi connectivity index (χ1) is 8.12. The van der Waals surface area contributed by atoms with Crippen molar-refractivity contribution in [3.8, 4) is 0 Å². The second-order valence-corrected chi connectivity index (χ2v) is 6.16. The molecule has 0 aliphatic carbocycles. The van der Waals surface area contributed by atoms with Crippen molar-refractivity contribution in [1.29, 1.82) is 5.41 Å². The third kappa shape index (κ3) is 4.19. The van der Waals surface area contributed by atoms with E-state index in [-0.39, 0.29) is 12.1 Å². The number of thiazole rings is 1. The van der Waals surface area contributed by atoms with E-state index in [1.165, 1.54) is 18.3 Å². The van der Waals surface area contributed by atoms with Crippen LogP contribution in [0, 0.1) is 5.41 Å². The molecule has 1 heterocycles. The number of nitrogens with zero attached hydrogens (tertiary/aromatic N) is 1. The number of hydrogen-bond acceptors (Lipinski definition) is 6. The number of ether oxygens (including phenoxy) is 1. The summed E-state index contributed by atoms with van der Waals surface area (Å²) in [6.07, 6.45) is 1.46. The predicted molar refractivity (Wildman–Crippen MR) is 69.9 cm³/mol. The molecule has 1 rings (SSSR count). The SMILES string of the molecule is CC(C)(C)OC(=O)C(=N)CC(C)(O)c1nccs1. The Morgan fingerprint density at radius 2 is 2.11 bits per heavy atom. The fourth-order valence-corrected chi connectivity index (χ4v) is 2.02. The van der Waals surface area contributed by atoms with Gasteiger partial charge in [-0.15, -0.1) is 11.3 Å². The molecule has 0 bridgehead atoms. The second-order valence-electron chi connectivity index (χ2n) is 5.27. The number of carbonyl (C=O) groups is 1. The van der Waals surface area contributed by atoms with Crippen molar-refractivity contribution in [3.63, 3.8) is 0 Å². The molecule has 0 aliphatic rings. The average Bonchev–Trinajstić information content (AvgIpc) is 2.66. The first kappa shape index (κ1) is 14.8. The molecule has 0 saturated heterocycles. The summed E-state index contributed by atoms with van der Waals surface area (Å²) >= 11 is 1.29. The molecule has 18 heavy (non-hydrogen) atoms. The smallest absolute Gasteiger partial charge is 0.352 e. The third-order valence-corrected chi connectivity index (χ3v) is 3.09. The van der Waals surface area contributed by atoms with Gasteiger partial charge >= 0.3 is 5.97 Å². The standard InChI is InChI=1S/C12H18N2O3S/c1-11(2,3)17-9(15)8(13)7-12(4,16)10-14-5-6-18-10/h5-6,13,16H,7H2,1-4H3. The molecular weight excluding hydrogens is 252 g/mol. The molecule has 2 N–H and O–H groups in total. The molecule has 0 fully saturated rings. The van der Waals surface area contributed by atoms with Crippen LogP contribution in [-0.2, 0) is 15.1 Å². The molecule has 5 nitrogen and oxygen atoms in total. The maximum Gasteiger partial charge on any atom is 0.352 e. The minimum atomic E-state index is -1.32. The third-order valence-electron chi connectivity index (χ3n) is 2.06. The van der Waals surface area contributed by atoms with Gasteiger partial charge in [0.25, 0.3) is 0 Å². The van der Waals surface area contributed by atoms with Crippen LogP contribution in [0.3, 0.4) is 0 Å². The van der Waals surface area contributed by atoms with E-state index in [1.807, 2.05) is 0 Å². The molecule has 100 valence electrons. The van der Waals surface area contributed by atoms with Gasteiger partial charge in [-0.05, 0) is 27.7 Å². The highest BCUT2D eigenvalue weighted by Gasteiger charge is 2.31. The minimum absolute atomic E-state index is 0.116. The summed E-state index contributed by atoms with van der Waals surface area (Å²) in [5, 5.41) is 20.1. The lowest BCUT2D eigenvalue weighted by atomic mass is 10.00. The summed E-state index contributed by atoms with van der Waals surface area (Å²) in [5.74, 6) is -0.709. The zero-order valence-electron chi connectivity index (χ0n) is 11.0. The quantitative estimate of drug-likeness (QED) is 0.648. The molecule has 0 saturated carbocycles. The molecule has 1 aromatic rings. The van der Waals surface area contributed by atoms with E-state index in [0.29, 0.717) is 5.01 Å². The Morgan fingerprint density at radius 1 is 1.50 bits per heavy atom. The summed E-state index contributed by atoms with van der Waals surface area (Å²) in [6.45, 7) is 6.73. The Bertz CT molecular complexity index is 433. The van der Waals surface area contributed by atoms with Crippen molar-refractivity contribution in [2.75, 3.05) is 0 Å². The van der Waals surface area contributed by atoms with Crippen molar-refractivity contribution >= 4 is 23.0 Å². The lowest BCUT2D eigenvalue weighted by Gasteiger charge is -2.23. The van der Waals surface area contributed by atoms with Crippen LogP contribution in [0.15, 0.2) is 11.6 Å². The molecule has 1 atom stereocenters. The largest absolute Gasteiger partial charge is 0.456 e. The van der Waals surface area contributed by atoms with Crippen LogP contribution >= 0.6 is 11.3 Å². The summed E-state index contributed by atoms with van der Waals surface area (Å²) in [7, 11) is 0. The van der Waals surface area contributed by atoms with Gasteiger partial charge in [-0.25, -0.2) is 9.78 Å². The Kier molecular flexibility index (Phi) is 4.24. The Hall–Kier alpha value is -1.27. The van der Waals surface area contributed by atoms with E-state index < -0.39 is 17.2 Å². The molecular formula is C12H18N2O3S. The van der Waals surface area contributed by atoms with Gasteiger partial charge in [-0.2, -0.15) is 0 Å². The van der Waals surface area contributed by atoms with Gasteiger partial charge in [0.1, 0.15) is 21.9 Å².